The van der Waals surface area contributed by atoms with E-state index in [1.54, 1.807) is 30.3 Å². The zero-order chi connectivity index (χ0) is 14.7. The minimum absolute atomic E-state index is 0.0208. The molecule has 0 bridgehead atoms. The number of hydrogen-bond acceptors (Lipinski definition) is 3. The van der Waals surface area contributed by atoms with E-state index in [0.29, 0.717) is 27.4 Å². The molecule has 0 saturated carbocycles. The lowest BCUT2D eigenvalue weighted by Crippen LogP contribution is -2.07. The van der Waals surface area contributed by atoms with E-state index in [1.165, 1.54) is 6.07 Å². The molecule has 0 atom stereocenters. The van der Waals surface area contributed by atoms with Gasteiger partial charge in [0.1, 0.15) is 23.1 Å². The van der Waals surface area contributed by atoms with Crippen LogP contribution in [0.3, 0.4) is 0 Å². The number of rotatable bonds is 4. The van der Waals surface area contributed by atoms with Crippen molar-refractivity contribution < 1.29 is 13.9 Å². The van der Waals surface area contributed by atoms with Gasteiger partial charge >= 0.3 is 0 Å². The molecule has 0 heterocycles. The summed E-state index contributed by atoms with van der Waals surface area (Å²) in [5.41, 5.74) is 6.38. The van der Waals surface area contributed by atoms with Gasteiger partial charge in [-0.3, -0.25) is 0 Å². The van der Waals surface area contributed by atoms with Gasteiger partial charge in [-0.1, -0.05) is 0 Å². The smallest absolute Gasteiger partial charge is 0.146 e. The van der Waals surface area contributed by atoms with Crippen molar-refractivity contribution in [3.63, 3.8) is 0 Å². The van der Waals surface area contributed by atoms with Crippen molar-refractivity contribution in [2.45, 2.75) is 20.0 Å². The molecule has 5 heteroatoms. The third-order valence-corrected chi connectivity index (χ3v) is 3.08. The topological polar surface area (TPSA) is 44.5 Å². The number of hydrogen-bond donors (Lipinski definition) is 1. The summed E-state index contributed by atoms with van der Waals surface area (Å²) in [5, 5.41) is 0. The molecule has 0 aliphatic heterocycles. The second-order valence-corrected chi connectivity index (χ2v) is 5.40. The summed E-state index contributed by atoms with van der Waals surface area (Å²) in [4.78, 5) is 0. The maximum absolute atomic E-state index is 13.2. The van der Waals surface area contributed by atoms with Crippen LogP contribution in [0.25, 0.3) is 0 Å². The van der Waals surface area contributed by atoms with E-state index in [4.69, 9.17) is 15.2 Å². The van der Waals surface area contributed by atoms with Crippen LogP contribution in [0.1, 0.15) is 13.8 Å². The van der Waals surface area contributed by atoms with Crippen LogP contribution in [0.15, 0.2) is 40.9 Å². The van der Waals surface area contributed by atoms with Crippen molar-refractivity contribution in [3.05, 3.63) is 46.7 Å². The average molecular weight is 340 g/mol. The van der Waals surface area contributed by atoms with Crippen LogP contribution < -0.4 is 15.2 Å². The largest absolute Gasteiger partial charge is 0.489 e. The summed E-state index contributed by atoms with van der Waals surface area (Å²) < 4.78 is 24.8. The van der Waals surface area contributed by atoms with Crippen molar-refractivity contribution in [1.29, 1.82) is 0 Å². The third-order valence-electron chi connectivity index (χ3n) is 2.47. The first kappa shape index (κ1) is 14.7. The van der Waals surface area contributed by atoms with Gasteiger partial charge in [-0.15, -0.1) is 0 Å². The third kappa shape index (κ3) is 3.63. The fraction of sp³-hybridized carbons (Fsp3) is 0.200. The molecule has 2 N–H and O–H groups in total. The number of benzene rings is 2. The molecule has 20 heavy (non-hydrogen) atoms. The number of anilines is 1. The van der Waals surface area contributed by atoms with Crippen LogP contribution in [0, 0.1) is 5.82 Å². The van der Waals surface area contributed by atoms with Gasteiger partial charge in [0.15, 0.2) is 0 Å². The molecular formula is C15H15BrFNO2. The van der Waals surface area contributed by atoms with Gasteiger partial charge in [-0.25, -0.2) is 4.39 Å². The number of ether oxygens (including phenoxy) is 2. The maximum atomic E-state index is 13.2. The molecular weight excluding hydrogens is 325 g/mol. The second kappa shape index (κ2) is 6.13. The highest BCUT2D eigenvalue weighted by molar-refractivity contribution is 9.10. The summed E-state index contributed by atoms with van der Waals surface area (Å²) in [6.45, 7) is 3.84. The first-order chi connectivity index (χ1) is 9.45. The van der Waals surface area contributed by atoms with E-state index in [9.17, 15) is 4.39 Å². The van der Waals surface area contributed by atoms with Crippen molar-refractivity contribution in [1.82, 2.24) is 0 Å². The molecule has 0 spiro atoms. The Morgan fingerprint density at radius 1 is 1.10 bits per heavy atom. The van der Waals surface area contributed by atoms with Crippen LogP contribution in [-0.4, -0.2) is 6.10 Å². The minimum atomic E-state index is -0.335. The summed E-state index contributed by atoms with van der Waals surface area (Å²) in [7, 11) is 0. The van der Waals surface area contributed by atoms with Gasteiger partial charge in [-0.05, 0) is 60.1 Å². The fourth-order valence-corrected chi connectivity index (χ4v) is 1.97. The quantitative estimate of drug-likeness (QED) is 0.817. The van der Waals surface area contributed by atoms with Gasteiger partial charge in [0.2, 0.25) is 0 Å². The lowest BCUT2D eigenvalue weighted by Gasteiger charge is -2.14. The molecule has 0 radical (unpaired) electrons. The molecule has 0 fully saturated rings. The normalized spacial score (nSPS) is 10.7. The first-order valence-electron chi connectivity index (χ1n) is 6.15. The van der Waals surface area contributed by atoms with Crippen LogP contribution in [0.5, 0.6) is 17.2 Å². The van der Waals surface area contributed by atoms with Gasteiger partial charge in [0, 0.05) is 6.07 Å². The molecule has 106 valence electrons. The highest BCUT2D eigenvalue weighted by atomic mass is 79.9. The van der Waals surface area contributed by atoms with E-state index in [-0.39, 0.29) is 11.9 Å². The molecule has 0 aliphatic rings. The van der Waals surface area contributed by atoms with E-state index >= 15 is 0 Å². The molecule has 2 rings (SSSR count). The molecule has 2 aromatic rings. The summed E-state index contributed by atoms with van der Waals surface area (Å²) in [6, 6.07) is 9.62. The Kier molecular flexibility index (Phi) is 4.49. The Morgan fingerprint density at radius 3 is 2.40 bits per heavy atom. The zero-order valence-electron chi connectivity index (χ0n) is 11.2. The molecule has 0 aliphatic carbocycles. The predicted octanol–water partition coefficient (Wildman–Crippen LogP) is 4.75. The second-order valence-electron chi connectivity index (χ2n) is 4.54. The number of nitrogens with two attached hydrogens (primary N) is 1. The lowest BCUT2D eigenvalue weighted by atomic mass is 10.2. The van der Waals surface area contributed by atoms with Crippen molar-refractivity contribution in [3.8, 4) is 17.2 Å². The Morgan fingerprint density at radius 2 is 1.75 bits per heavy atom. The zero-order valence-corrected chi connectivity index (χ0v) is 12.8. The molecule has 3 nitrogen and oxygen atoms in total. The lowest BCUT2D eigenvalue weighted by molar-refractivity contribution is 0.243. The maximum Gasteiger partial charge on any atom is 0.146 e. The minimum Gasteiger partial charge on any atom is -0.489 e. The molecule has 0 aromatic heterocycles. The first-order valence-corrected chi connectivity index (χ1v) is 6.94. The molecule has 0 saturated heterocycles. The number of halogens is 2. The van der Waals surface area contributed by atoms with Crippen molar-refractivity contribution >= 4 is 21.6 Å². The Hall–Kier alpha value is -1.75. The SMILES string of the molecule is CC(C)Oc1cc(Oc2ccc(F)c(Br)c2)ccc1N. The average Bonchev–Trinajstić information content (AvgIpc) is 2.37. The van der Waals surface area contributed by atoms with Gasteiger partial charge < -0.3 is 15.2 Å². The Labute approximate surface area is 125 Å². The van der Waals surface area contributed by atoms with Crippen LogP contribution in [0.2, 0.25) is 0 Å². The van der Waals surface area contributed by atoms with Crippen molar-refractivity contribution in [2.24, 2.45) is 0 Å². The molecule has 2 aromatic carbocycles. The van der Waals surface area contributed by atoms with E-state index < -0.39 is 0 Å². The summed E-state index contributed by atoms with van der Waals surface area (Å²) in [6.07, 6.45) is 0.0208. The van der Waals surface area contributed by atoms with Gasteiger partial charge in [0.05, 0.1) is 16.3 Å². The highest BCUT2D eigenvalue weighted by Gasteiger charge is 2.07. The fourth-order valence-electron chi connectivity index (χ4n) is 1.61. The van der Waals surface area contributed by atoms with Crippen LogP contribution in [-0.2, 0) is 0 Å². The van der Waals surface area contributed by atoms with E-state index in [0.717, 1.165) is 0 Å². The summed E-state index contributed by atoms with van der Waals surface area (Å²) >= 11 is 3.12. The van der Waals surface area contributed by atoms with Crippen LogP contribution >= 0.6 is 15.9 Å². The molecule has 0 amide bonds. The van der Waals surface area contributed by atoms with E-state index in [2.05, 4.69) is 15.9 Å². The summed E-state index contributed by atoms with van der Waals surface area (Å²) in [5.74, 6) is 1.34. The molecule has 0 unspecified atom stereocenters. The highest BCUT2D eigenvalue weighted by Crippen LogP contribution is 2.32. The monoisotopic (exact) mass is 339 g/mol. The Balaban J connectivity index is 2.22. The van der Waals surface area contributed by atoms with Crippen molar-refractivity contribution in [2.75, 3.05) is 5.73 Å². The predicted molar refractivity (Wildman–Crippen MR) is 80.8 cm³/mol. The van der Waals surface area contributed by atoms with Crippen LogP contribution in [0.4, 0.5) is 10.1 Å². The number of nitrogen functional groups attached to an aromatic ring is 1. The van der Waals surface area contributed by atoms with Gasteiger partial charge in [-0.2, -0.15) is 0 Å². The Bertz CT molecular complexity index is 617. The standard InChI is InChI=1S/C15H15BrFNO2/c1-9(2)19-15-8-11(4-6-14(15)18)20-10-3-5-13(17)12(16)7-10/h3-9H,18H2,1-2H3. The van der Waals surface area contributed by atoms with E-state index in [1.807, 2.05) is 13.8 Å². The van der Waals surface area contributed by atoms with Gasteiger partial charge in [0.25, 0.3) is 0 Å².